The van der Waals surface area contributed by atoms with E-state index in [0.717, 1.165) is 23.0 Å². The van der Waals surface area contributed by atoms with E-state index in [1.54, 1.807) is 6.20 Å². The van der Waals surface area contributed by atoms with Crippen LogP contribution in [0.5, 0.6) is 0 Å². The zero-order valence-corrected chi connectivity index (χ0v) is 12.0. The highest BCUT2D eigenvalue weighted by Crippen LogP contribution is 2.17. The second-order valence-electron chi connectivity index (χ2n) is 4.60. The maximum absolute atomic E-state index is 11.6. The Morgan fingerprint density at radius 1 is 1.25 bits per heavy atom. The molecule has 0 N–H and O–H groups in total. The number of pyridine rings is 1. The Labute approximate surface area is 119 Å². The van der Waals surface area contributed by atoms with Crippen molar-refractivity contribution in [3.63, 3.8) is 0 Å². The summed E-state index contributed by atoms with van der Waals surface area (Å²) >= 11 is 0. The maximum atomic E-state index is 11.6. The molecule has 0 aliphatic rings. The van der Waals surface area contributed by atoms with Crippen molar-refractivity contribution in [3.8, 4) is 0 Å². The molecule has 0 atom stereocenters. The van der Waals surface area contributed by atoms with Crippen molar-refractivity contribution < 1.29 is 9.53 Å². The van der Waals surface area contributed by atoms with Gasteiger partial charge in [-0.2, -0.15) is 0 Å². The summed E-state index contributed by atoms with van der Waals surface area (Å²) in [4.78, 5) is 18.1. The third-order valence-electron chi connectivity index (χ3n) is 3.22. The summed E-state index contributed by atoms with van der Waals surface area (Å²) in [5, 5.41) is 1.12. The molecule has 106 valence electrons. The molecule has 0 amide bonds. The van der Waals surface area contributed by atoms with E-state index in [1.807, 2.05) is 38.1 Å². The summed E-state index contributed by atoms with van der Waals surface area (Å²) in [6.45, 7) is 6.09. The van der Waals surface area contributed by atoms with Crippen LogP contribution in [0.15, 0.2) is 36.5 Å². The van der Waals surface area contributed by atoms with Crippen LogP contribution < -0.4 is 0 Å². The average Bonchev–Trinajstić information content (AvgIpc) is 2.47. The smallest absolute Gasteiger partial charge is 0.320 e. The quantitative estimate of drug-likeness (QED) is 0.758. The largest absolute Gasteiger partial charge is 0.465 e. The number of carbonyl (C=O) groups excluding carboxylic acids is 1. The third kappa shape index (κ3) is 3.54. The van der Waals surface area contributed by atoms with Crippen LogP contribution in [0.1, 0.15) is 19.4 Å². The van der Waals surface area contributed by atoms with Gasteiger partial charge in [-0.3, -0.25) is 14.7 Å². The van der Waals surface area contributed by atoms with E-state index in [9.17, 15) is 4.79 Å². The van der Waals surface area contributed by atoms with Gasteiger partial charge in [0, 0.05) is 18.1 Å². The third-order valence-corrected chi connectivity index (χ3v) is 3.22. The van der Waals surface area contributed by atoms with Crippen molar-refractivity contribution in [2.75, 3.05) is 19.7 Å². The van der Waals surface area contributed by atoms with Gasteiger partial charge in [-0.05, 0) is 25.1 Å². The van der Waals surface area contributed by atoms with Gasteiger partial charge in [-0.25, -0.2) is 0 Å². The standard InChI is InChI=1S/C16H20N2O2/c1-3-18(12-15(19)20-4-2)11-14-8-5-7-13-9-6-10-17-16(13)14/h5-10H,3-4,11-12H2,1-2H3. The van der Waals surface area contributed by atoms with Gasteiger partial charge in [0.2, 0.25) is 0 Å². The van der Waals surface area contributed by atoms with Crippen LogP contribution in [0, 0.1) is 0 Å². The van der Waals surface area contributed by atoms with Gasteiger partial charge in [0.1, 0.15) is 0 Å². The Balaban J connectivity index is 2.15. The van der Waals surface area contributed by atoms with Crippen LogP contribution in [-0.2, 0) is 16.1 Å². The first-order valence-corrected chi connectivity index (χ1v) is 6.95. The Bertz CT molecular complexity index is 578. The molecule has 4 heteroatoms. The Morgan fingerprint density at radius 3 is 2.80 bits per heavy atom. The fourth-order valence-corrected chi connectivity index (χ4v) is 2.20. The van der Waals surface area contributed by atoms with Crippen LogP contribution in [0.25, 0.3) is 10.9 Å². The SMILES string of the molecule is CCOC(=O)CN(CC)Cc1cccc2cccnc12. The van der Waals surface area contributed by atoms with E-state index >= 15 is 0 Å². The molecular weight excluding hydrogens is 252 g/mol. The number of rotatable bonds is 6. The predicted molar refractivity (Wildman–Crippen MR) is 79.3 cm³/mol. The molecule has 1 aromatic carbocycles. The molecule has 0 bridgehead atoms. The van der Waals surface area contributed by atoms with E-state index in [2.05, 4.69) is 16.0 Å². The first kappa shape index (κ1) is 14.5. The van der Waals surface area contributed by atoms with Crippen LogP contribution in [0.4, 0.5) is 0 Å². The molecule has 0 aliphatic carbocycles. The molecule has 1 aromatic heterocycles. The number of ether oxygens (including phenoxy) is 1. The van der Waals surface area contributed by atoms with E-state index in [4.69, 9.17) is 4.74 Å². The van der Waals surface area contributed by atoms with Crippen molar-refractivity contribution in [2.24, 2.45) is 0 Å². The van der Waals surface area contributed by atoms with Crippen molar-refractivity contribution in [2.45, 2.75) is 20.4 Å². The summed E-state index contributed by atoms with van der Waals surface area (Å²) in [6.07, 6.45) is 1.80. The zero-order valence-electron chi connectivity index (χ0n) is 12.0. The maximum Gasteiger partial charge on any atom is 0.320 e. The van der Waals surface area contributed by atoms with Gasteiger partial charge in [0.05, 0.1) is 18.7 Å². The lowest BCUT2D eigenvalue weighted by Gasteiger charge is -2.19. The van der Waals surface area contributed by atoms with E-state index in [0.29, 0.717) is 19.7 Å². The number of hydrogen-bond acceptors (Lipinski definition) is 4. The van der Waals surface area contributed by atoms with Crippen molar-refractivity contribution in [1.29, 1.82) is 0 Å². The molecule has 0 saturated carbocycles. The number of benzene rings is 1. The average molecular weight is 272 g/mol. The second kappa shape index (κ2) is 7.01. The van der Waals surface area contributed by atoms with Gasteiger partial charge in [0.25, 0.3) is 0 Å². The molecule has 0 saturated heterocycles. The lowest BCUT2D eigenvalue weighted by molar-refractivity contribution is -0.144. The van der Waals surface area contributed by atoms with E-state index < -0.39 is 0 Å². The van der Waals surface area contributed by atoms with Crippen molar-refractivity contribution >= 4 is 16.9 Å². The number of nitrogens with zero attached hydrogens (tertiary/aromatic N) is 2. The number of para-hydroxylation sites is 1. The number of hydrogen-bond donors (Lipinski definition) is 0. The van der Waals surface area contributed by atoms with Crippen molar-refractivity contribution in [3.05, 3.63) is 42.1 Å². The number of aromatic nitrogens is 1. The summed E-state index contributed by atoms with van der Waals surface area (Å²) in [6, 6.07) is 10.1. The minimum atomic E-state index is -0.178. The van der Waals surface area contributed by atoms with Gasteiger partial charge >= 0.3 is 5.97 Å². The van der Waals surface area contributed by atoms with E-state index in [-0.39, 0.29) is 5.97 Å². The predicted octanol–water partition coefficient (Wildman–Crippen LogP) is 2.62. The molecule has 2 rings (SSSR count). The van der Waals surface area contributed by atoms with E-state index in [1.165, 1.54) is 0 Å². The van der Waals surface area contributed by atoms with Crippen LogP contribution in [-0.4, -0.2) is 35.5 Å². The molecule has 0 unspecified atom stereocenters. The summed E-state index contributed by atoms with van der Waals surface area (Å²) in [5.41, 5.74) is 2.13. The van der Waals surface area contributed by atoms with Crippen LogP contribution in [0.3, 0.4) is 0 Å². The molecule has 0 radical (unpaired) electrons. The minimum Gasteiger partial charge on any atom is -0.465 e. The fraction of sp³-hybridized carbons (Fsp3) is 0.375. The molecule has 0 spiro atoms. The lowest BCUT2D eigenvalue weighted by Crippen LogP contribution is -2.30. The normalized spacial score (nSPS) is 10.9. The number of fused-ring (bicyclic) bond motifs is 1. The molecule has 0 aliphatic heterocycles. The van der Waals surface area contributed by atoms with Gasteiger partial charge in [0.15, 0.2) is 0 Å². The summed E-state index contributed by atoms with van der Waals surface area (Å²) < 4.78 is 5.00. The highest BCUT2D eigenvalue weighted by atomic mass is 16.5. The topological polar surface area (TPSA) is 42.4 Å². The monoisotopic (exact) mass is 272 g/mol. The Hall–Kier alpha value is -1.94. The zero-order chi connectivity index (χ0) is 14.4. The highest BCUT2D eigenvalue weighted by molar-refractivity contribution is 5.81. The molecule has 1 heterocycles. The van der Waals surface area contributed by atoms with Crippen LogP contribution >= 0.6 is 0 Å². The highest BCUT2D eigenvalue weighted by Gasteiger charge is 2.12. The number of esters is 1. The summed E-state index contributed by atoms with van der Waals surface area (Å²) in [5.74, 6) is -0.178. The first-order valence-electron chi connectivity index (χ1n) is 6.95. The first-order chi connectivity index (χ1) is 9.74. The van der Waals surface area contributed by atoms with Gasteiger partial charge < -0.3 is 4.74 Å². The molecule has 20 heavy (non-hydrogen) atoms. The number of likely N-dealkylation sites (N-methyl/N-ethyl adjacent to an activating group) is 1. The Kier molecular flexibility index (Phi) is 5.07. The van der Waals surface area contributed by atoms with Crippen LogP contribution in [0.2, 0.25) is 0 Å². The molecule has 0 fully saturated rings. The Morgan fingerprint density at radius 2 is 2.05 bits per heavy atom. The fourth-order valence-electron chi connectivity index (χ4n) is 2.20. The molecular formula is C16H20N2O2. The second-order valence-corrected chi connectivity index (χ2v) is 4.60. The molecule has 2 aromatic rings. The van der Waals surface area contributed by atoms with Gasteiger partial charge in [-0.15, -0.1) is 0 Å². The van der Waals surface area contributed by atoms with Gasteiger partial charge in [-0.1, -0.05) is 31.2 Å². The van der Waals surface area contributed by atoms with Crippen molar-refractivity contribution in [1.82, 2.24) is 9.88 Å². The minimum absolute atomic E-state index is 0.178. The number of carbonyl (C=O) groups is 1. The molecule has 4 nitrogen and oxygen atoms in total. The lowest BCUT2D eigenvalue weighted by atomic mass is 10.1. The summed E-state index contributed by atoms with van der Waals surface area (Å²) in [7, 11) is 0.